The number of H-pyrrole nitrogens is 1. The number of carboxylic acids is 2. The number of aliphatic carboxylic acids is 2. The molecular formula is C28H31FN2O5. The van der Waals surface area contributed by atoms with Crippen LogP contribution in [0.5, 0.6) is 0 Å². The molecular weight excluding hydrogens is 463 g/mol. The van der Waals surface area contributed by atoms with Gasteiger partial charge in [0.05, 0.1) is 12.3 Å². The Labute approximate surface area is 209 Å². The van der Waals surface area contributed by atoms with E-state index in [1.165, 1.54) is 22.9 Å². The standard InChI is InChI=1S/C24H27FN2O.C4H4O4/c1-27(2)23(17-6-4-3-5-7-17)11-13-24(14-12-23)22-19(10-15-28-24)20-16-18(25)8-9-21(20)26-22;5-3(6)1-2-4(7)8/h3-9,16,26H,10-15H2,1-2H3;1-2H,(H,5,6)(H,7,8)/b;2-1+. The summed E-state index contributed by atoms with van der Waals surface area (Å²) < 4.78 is 20.3. The first-order valence-corrected chi connectivity index (χ1v) is 12.0. The Morgan fingerprint density at radius 2 is 1.64 bits per heavy atom. The summed E-state index contributed by atoms with van der Waals surface area (Å²) in [6.45, 7) is 0.705. The van der Waals surface area contributed by atoms with Gasteiger partial charge in [0, 0.05) is 28.6 Å². The average molecular weight is 495 g/mol. The molecule has 0 bridgehead atoms. The minimum absolute atomic E-state index is 0.0333. The fourth-order valence-corrected chi connectivity index (χ4v) is 5.64. The highest BCUT2D eigenvalue weighted by atomic mass is 19.1. The number of rotatable bonds is 4. The van der Waals surface area contributed by atoms with Crippen molar-refractivity contribution in [3.63, 3.8) is 0 Å². The van der Waals surface area contributed by atoms with Crippen LogP contribution in [0.15, 0.2) is 60.7 Å². The number of nitrogens with zero attached hydrogens (tertiary/aromatic N) is 1. The van der Waals surface area contributed by atoms with Gasteiger partial charge in [0.15, 0.2) is 0 Å². The number of benzene rings is 2. The third-order valence-electron chi connectivity index (χ3n) is 7.47. The lowest BCUT2D eigenvalue weighted by Gasteiger charge is -2.50. The third kappa shape index (κ3) is 4.92. The Bertz CT molecular complexity index is 1260. The van der Waals surface area contributed by atoms with Crippen molar-refractivity contribution >= 4 is 22.8 Å². The molecule has 36 heavy (non-hydrogen) atoms. The lowest BCUT2D eigenvalue weighted by molar-refractivity contribution is -0.134. The van der Waals surface area contributed by atoms with E-state index in [0.717, 1.165) is 43.0 Å². The van der Waals surface area contributed by atoms with Crippen LogP contribution in [0.3, 0.4) is 0 Å². The van der Waals surface area contributed by atoms with Crippen molar-refractivity contribution in [1.82, 2.24) is 9.88 Å². The molecule has 3 aromatic rings. The highest BCUT2D eigenvalue weighted by molar-refractivity contribution is 5.89. The van der Waals surface area contributed by atoms with Crippen LogP contribution >= 0.6 is 0 Å². The highest BCUT2D eigenvalue weighted by Gasteiger charge is 2.49. The molecule has 0 atom stereocenters. The Morgan fingerprint density at radius 3 is 2.22 bits per heavy atom. The summed E-state index contributed by atoms with van der Waals surface area (Å²) >= 11 is 0. The first-order valence-electron chi connectivity index (χ1n) is 12.0. The normalized spacial score (nSPS) is 23.4. The highest BCUT2D eigenvalue weighted by Crippen LogP contribution is 2.52. The summed E-state index contributed by atoms with van der Waals surface area (Å²) in [6.07, 6.45) is 5.95. The van der Waals surface area contributed by atoms with Crippen molar-refractivity contribution in [1.29, 1.82) is 0 Å². The van der Waals surface area contributed by atoms with Gasteiger partial charge in [-0.3, -0.25) is 4.90 Å². The van der Waals surface area contributed by atoms with Crippen molar-refractivity contribution in [3.8, 4) is 0 Å². The zero-order valence-electron chi connectivity index (χ0n) is 20.5. The number of nitrogens with one attached hydrogen (secondary N) is 1. The fourth-order valence-electron chi connectivity index (χ4n) is 5.64. The molecule has 190 valence electrons. The van der Waals surface area contributed by atoms with Crippen molar-refractivity contribution in [2.75, 3.05) is 20.7 Å². The molecule has 1 aliphatic heterocycles. The smallest absolute Gasteiger partial charge is 0.328 e. The molecule has 0 radical (unpaired) electrons. The second-order valence-electron chi connectivity index (χ2n) is 9.56. The van der Waals surface area contributed by atoms with Crippen molar-refractivity contribution in [3.05, 3.63) is 83.3 Å². The van der Waals surface area contributed by atoms with E-state index in [0.29, 0.717) is 18.8 Å². The van der Waals surface area contributed by atoms with Crippen molar-refractivity contribution in [2.24, 2.45) is 0 Å². The van der Waals surface area contributed by atoms with Crippen LogP contribution in [-0.2, 0) is 31.9 Å². The number of aromatic nitrogens is 1. The number of aromatic amines is 1. The zero-order chi connectivity index (χ0) is 25.9. The predicted octanol–water partition coefficient (Wildman–Crippen LogP) is 4.82. The SMILES string of the molecule is CN(C)C1(c2ccccc2)CCC2(CC1)OCCc1c2[nH]c2ccc(F)cc12.O=C(O)/C=C/C(=O)O. The molecule has 8 heteroatoms. The molecule has 1 fully saturated rings. The number of halogens is 1. The summed E-state index contributed by atoms with van der Waals surface area (Å²) in [6, 6.07) is 15.9. The summed E-state index contributed by atoms with van der Waals surface area (Å²) in [4.78, 5) is 25.1. The van der Waals surface area contributed by atoms with Gasteiger partial charge >= 0.3 is 11.9 Å². The predicted molar refractivity (Wildman–Crippen MR) is 134 cm³/mol. The zero-order valence-corrected chi connectivity index (χ0v) is 20.5. The minimum atomic E-state index is -1.26. The van der Waals surface area contributed by atoms with Gasteiger partial charge in [0.25, 0.3) is 0 Å². The Hall–Kier alpha value is -3.49. The van der Waals surface area contributed by atoms with Gasteiger partial charge in [0.2, 0.25) is 0 Å². The van der Waals surface area contributed by atoms with Crippen LogP contribution in [-0.4, -0.2) is 52.7 Å². The molecule has 1 aromatic heterocycles. The Kier molecular flexibility index (Phi) is 7.28. The number of hydrogen-bond donors (Lipinski definition) is 3. The second-order valence-corrected chi connectivity index (χ2v) is 9.56. The number of fused-ring (bicyclic) bond motifs is 4. The number of carboxylic acid groups (broad SMARTS) is 2. The lowest BCUT2D eigenvalue weighted by atomic mass is 9.68. The van der Waals surface area contributed by atoms with Crippen LogP contribution in [0, 0.1) is 5.82 Å². The van der Waals surface area contributed by atoms with Crippen molar-refractivity contribution < 1.29 is 28.9 Å². The van der Waals surface area contributed by atoms with E-state index >= 15 is 0 Å². The molecule has 2 aromatic carbocycles. The van der Waals surface area contributed by atoms with Gasteiger partial charge in [0.1, 0.15) is 11.4 Å². The van der Waals surface area contributed by atoms with Gasteiger partial charge in [-0.1, -0.05) is 30.3 Å². The molecule has 1 saturated carbocycles. The van der Waals surface area contributed by atoms with Crippen molar-refractivity contribution in [2.45, 2.75) is 43.2 Å². The van der Waals surface area contributed by atoms with Gasteiger partial charge in [-0.25, -0.2) is 14.0 Å². The summed E-state index contributed by atoms with van der Waals surface area (Å²) in [7, 11) is 4.37. The van der Waals surface area contributed by atoms with E-state index in [2.05, 4.69) is 54.3 Å². The van der Waals surface area contributed by atoms with Gasteiger partial charge in [-0.05, 0) is 75.5 Å². The maximum atomic E-state index is 13.8. The summed E-state index contributed by atoms with van der Waals surface area (Å²) in [5.74, 6) is -2.69. The van der Waals surface area contributed by atoms with E-state index in [4.69, 9.17) is 14.9 Å². The molecule has 2 aliphatic rings. The third-order valence-corrected chi connectivity index (χ3v) is 7.47. The van der Waals surface area contributed by atoms with Gasteiger partial charge in [-0.2, -0.15) is 0 Å². The second kappa shape index (κ2) is 10.2. The maximum absolute atomic E-state index is 13.8. The topological polar surface area (TPSA) is 103 Å². The number of ether oxygens (including phenoxy) is 1. The van der Waals surface area contributed by atoms with E-state index in [1.807, 2.05) is 6.07 Å². The minimum Gasteiger partial charge on any atom is -0.478 e. The van der Waals surface area contributed by atoms with Crippen LogP contribution in [0.1, 0.15) is 42.5 Å². The molecule has 0 saturated heterocycles. The van der Waals surface area contributed by atoms with E-state index in [-0.39, 0.29) is 17.0 Å². The molecule has 7 nitrogen and oxygen atoms in total. The van der Waals surface area contributed by atoms with Crippen LogP contribution in [0.4, 0.5) is 4.39 Å². The monoisotopic (exact) mass is 494 g/mol. The first kappa shape index (κ1) is 25.6. The Balaban J connectivity index is 0.000000331. The molecule has 1 aliphatic carbocycles. The van der Waals surface area contributed by atoms with E-state index in [1.54, 1.807) is 6.07 Å². The first-order chi connectivity index (χ1) is 17.2. The molecule has 1 spiro atoms. The molecule has 5 rings (SSSR count). The van der Waals surface area contributed by atoms with E-state index in [9.17, 15) is 14.0 Å². The molecule has 3 N–H and O–H groups in total. The quantitative estimate of drug-likeness (QED) is 0.450. The largest absolute Gasteiger partial charge is 0.478 e. The molecule has 0 unspecified atom stereocenters. The van der Waals surface area contributed by atoms with Gasteiger partial charge < -0.3 is 19.9 Å². The van der Waals surface area contributed by atoms with Crippen LogP contribution in [0.2, 0.25) is 0 Å². The number of carbonyl (C=O) groups is 2. The fraction of sp³-hybridized carbons (Fsp3) is 0.357. The molecule has 0 amide bonds. The van der Waals surface area contributed by atoms with Gasteiger partial charge in [-0.15, -0.1) is 0 Å². The number of hydrogen-bond acceptors (Lipinski definition) is 4. The Morgan fingerprint density at radius 1 is 1.00 bits per heavy atom. The molecule has 2 heterocycles. The summed E-state index contributed by atoms with van der Waals surface area (Å²) in [5, 5.41) is 16.6. The summed E-state index contributed by atoms with van der Waals surface area (Å²) in [5.41, 5.74) is 4.58. The lowest BCUT2D eigenvalue weighted by Crippen LogP contribution is -2.50. The van der Waals surface area contributed by atoms with E-state index < -0.39 is 11.9 Å². The maximum Gasteiger partial charge on any atom is 0.328 e. The van der Waals surface area contributed by atoms with Crippen LogP contribution in [0.25, 0.3) is 10.9 Å². The van der Waals surface area contributed by atoms with Crippen LogP contribution < -0.4 is 0 Å². The average Bonchev–Trinajstić information content (AvgIpc) is 3.24.